The highest BCUT2D eigenvalue weighted by Crippen LogP contribution is 2.16. The van der Waals surface area contributed by atoms with Crippen LogP contribution < -0.4 is 10.1 Å². The molecule has 1 aliphatic heterocycles. The molecule has 1 aromatic carbocycles. The zero-order chi connectivity index (χ0) is 9.80. The molecule has 2 rings (SSSR count). The molecule has 0 radical (unpaired) electrons. The van der Waals surface area contributed by atoms with Crippen LogP contribution in [0.1, 0.15) is 18.4 Å². The van der Waals surface area contributed by atoms with Crippen LogP contribution in [-0.4, -0.2) is 12.8 Å². The lowest BCUT2D eigenvalue weighted by Gasteiger charge is -2.13. The van der Waals surface area contributed by atoms with Crippen molar-refractivity contribution in [1.29, 1.82) is 0 Å². The predicted octanol–water partition coefficient (Wildman–Crippen LogP) is 2.42. The van der Waals surface area contributed by atoms with E-state index in [-0.39, 0.29) is 6.23 Å². The number of rotatable bonds is 3. The van der Waals surface area contributed by atoms with E-state index in [2.05, 4.69) is 11.9 Å². The van der Waals surface area contributed by atoms with Crippen LogP contribution in [-0.2, 0) is 0 Å². The third-order valence-electron chi connectivity index (χ3n) is 2.41. The maximum atomic E-state index is 5.73. The van der Waals surface area contributed by atoms with Crippen molar-refractivity contribution in [1.82, 2.24) is 5.32 Å². The van der Waals surface area contributed by atoms with Crippen LogP contribution in [0.25, 0.3) is 6.08 Å². The molecule has 1 aliphatic rings. The molecule has 1 N–H and O–H groups in total. The highest BCUT2D eigenvalue weighted by atomic mass is 16.5. The van der Waals surface area contributed by atoms with Crippen LogP contribution in [0.4, 0.5) is 0 Å². The van der Waals surface area contributed by atoms with Crippen LogP contribution >= 0.6 is 0 Å². The van der Waals surface area contributed by atoms with Crippen molar-refractivity contribution in [2.24, 2.45) is 0 Å². The highest BCUT2D eigenvalue weighted by Gasteiger charge is 2.14. The van der Waals surface area contributed by atoms with Crippen molar-refractivity contribution in [3.63, 3.8) is 0 Å². The second-order valence-corrected chi connectivity index (χ2v) is 3.48. The predicted molar refractivity (Wildman–Crippen MR) is 58.2 cm³/mol. The number of hydrogen-bond acceptors (Lipinski definition) is 2. The van der Waals surface area contributed by atoms with Gasteiger partial charge >= 0.3 is 0 Å². The van der Waals surface area contributed by atoms with Gasteiger partial charge in [0.2, 0.25) is 0 Å². The topological polar surface area (TPSA) is 21.3 Å². The minimum absolute atomic E-state index is 0.199. The molecule has 0 saturated carbocycles. The molecule has 1 saturated heterocycles. The molecule has 14 heavy (non-hydrogen) atoms. The van der Waals surface area contributed by atoms with E-state index in [9.17, 15) is 0 Å². The van der Waals surface area contributed by atoms with Gasteiger partial charge in [-0.05, 0) is 37.1 Å². The van der Waals surface area contributed by atoms with Crippen molar-refractivity contribution in [3.8, 4) is 5.75 Å². The van der Waals surface area contributed by atoms with Crippen LogP contribution in [0, 0.1) is 0 Å². The average molecular weight is 189 g/mol. The first-order valence-electron chi connectivity index (χ1n) is 5.01. The summed E-state index contributed by atoms with van der Waals surface area (Å²) in [5.41, 5.74) is 1.12. The van der Waals surface area contributed by atoms with Crippen molar-refractivity contribution in [2.45, 2.75) is 19.1 Å². The van der Waals surface area contributed by atoms with Crippen molar-refractivity contribution in [3.05, 3.63) is 36.4 Å². The maximum absolute atomic E-state index is 5.73. The van der Waals surface area contributed by atoms with Gasteiger partial charge in [0.1, 0.15) is 12.0 Å². The monoisotopic (exact) mass is 189 g/mol. The zero-order valence-electron chi connectivity index (χ0n) is 8.20. The summed E-state index contributed by atoms with van der Waals surface area (Å²) < 4.78 is 5.73. The van der Waals surface area contributed by atoms with Crippen LogP contribution in [0.2, 0.25) is 0 Å². The summed E-state index contributed by atoms with van der Waals surface area (Å²) in [4.78, 5) is 0. The van der Waals surface area contributed by atoms with E-state index in [4.69, 9.17) is 4.74 Å². The van der Waals surface area contributed by atoms with E-state index in [0.717, 1.165) is 24.3 Å². The fourth-order valence-corrected chi connectivity index (χ4v) is 1.60. The lowest BCUT2D eigenvalue weighted by molar-refractivity contribution is 0.187. The van der Waals surface area contributed by atoms with Gasteiger partial charge in [-0.3, -0.25) is 5.32 Å². The second kappa shape index (κ2) is 4.29. The molecule has 0 aromatic heterocycles. The number of nitrogens with one attached hydrogen (secondary N) is 1. The molecule has 1 unspecified atom stereocenters. The highest BCUT2D eigenvalue weighted by molar-refractivity contribution is 5.48. The Balaban J connectivity index is 1.98. The van der Waals surface area contributed by atoms with E-state index in [1.807, 2.05) is 30.3 Å². The molecule has 1 atom stereocenters. The Kier molecular flexibility index (Phi) is 2.84. The summed E-state index contributed by atoms with van der Waals surface area (Å²) in [6.45, 7) is 4.78. The summed E-state index contributed by atoms with van der Waals surface area (Å²) in [7, 11) is 0. The lowest BCUT2D eigenvalue weighted by Crippen LogP contribution is -2.27. The van der Waals surface area contributed by atoms with Crippen LogP contribution in [0.3, 0.4) is 0 Å². The summed E-state index contributed by atoms with van der Waals surface area (Å²) in [6.07, 6.45) is 4.33. The molecule has 0 aliphatic carbocycles. The molecule has 2 nitrogen and oxygen atoms in total. The standard InChI is InChI=1S/C12H15NO/c1-2-10-5-7-11(8-6-10)14-12-4-3-9-13-12/h2,5-8,12-13H,1,3-4,9H2. The van der Waals surface area contributed by atoms with Gasteiger partial charge in [-0.1, -0.05) is 24.8 Å². The van der Waals surface area contributed by atoms with E-state index in [0.29, 0.717) is 0 Å². The van der Waals surface area contributed by atoms with E-state index >= 15 is 0 Å². The van der Waals surface area contributed by atoms with E-state index in [1.165, 1.54) is 6.42 Å². The SMILES string of the molecule is C=Cc1ccc(OC2CCCN2)cc1. The first kappa shape index (κ1) is 9.28. The number of benzene rings is 1. The normalized spacial score (nSPS) is 20.7. The largest absolute Gasteiger partial charge is 0.475 e. The molecule has 0 bridgehead atoms. The Bertz CT molecular complexity index is 299. The van der Waals surface area contributed by atoms with E-state index < -0.39 is 0 Å². The van der Waals surface area contributed by atoms with Gasteiger partial charge in [0, 0.05) is 0 Å². The second-order valence-electron chi connectivity index (χ2n) is 3.48. The molecular weight excluding hydrogens is 174 g/mol. The molecule has 74 valence electrons. The summed E-state index contributed by atoms with van der Waals surface area (Å²) in [5, 5.41) is 3.29. The maximum Gasteiger partial charge on any atom is 0.150 e. The van der Waals surface area contributed by atoms with Crippen molar-refractivity contribution in [2.75, 3.05) is 6.54 Å². The Hall–Kier alpha value is -1.28. The van der Waals surface area contributed by atoms with Crippen LogP contribution in [0.15, 0.2) is 30.8 Å². The minimum atomic E-state index is 0.199. The van der Waals surface area contributed by atoms with E-state index in [1.54, 1.807) is 0 Å². The molecule has 0 amide bonds. The first-order valence-corrected chi connectivity index (χ1v) is 5.01. The zero-order valence-corrected chi connectivity index (χ0v) is 8.20. The number of hydrogen-bond donors (Lipinski definition) is 1. The van der Waals surface area contributed by atoms with Gasteiger partial charge < -0.3 is 4.74 Å². The van der Waals surface area contributed by atoms with Gasteiger partial charge in [0.05, 0.1) is 0 Å². The molecule has 1 aromatic rings. The third kappa shape index (κ3) is 2.15. The Morgan fingerprint density at radius 2 is 2.14 bits per heavy atom. The molecule has 2 heteroatoms. The van der Waals surface area contributed by atoms with Gasteiger partial charge in [0.25, 0.3) is 0 Å². The minimum Gasteiger partial charge on any atom is -0.475 e. The van der Waals surface area contributed by atoms with Gasteiger partial charge in [-0.2, -0.15) is 0 Å². The average Bonchev–Trinajstić information content (AvgIpc) is 2.72. The first-order chi connectivity index (χ1) is 6.88. The summed E-state index contributed by atoms with van der Waals surface area (Å²) in [5.74, 6) is 0.926. The fourth-order valence-electron chi connectivity index (χ4n) is 1.60. The van der Waals surface area contributed by atoms with Gasteiger partial charge in [0.15, 0.2) is 0 Å². The summed E-state index contributed by atoms with van der Waals surface area (Å²) in [6, 6.07) is 7.99. The molecule has 1 fully saturated rings. The molecule has 0 spiro atoms. The van der Waals surface area contributed by atoms with Gasteiger partial charge in [-0.25, -0.2) is 0 Å². The lowest BCUT2D eigenvalue weighted by atomic mass is 10.2. The van der Waals surface area contributed by atoms with Crippen molar-refractivity contribution < 1.29 is 4.74 Å². The molecule has 1 heterocycles. The van der Waals surface area contributed by atoms with Crippen LogP contribution in [0.5, 0.6) is 5.75 Å². The summed E-state index contributed by atoms with van der Waals surface area (Å²) >= 11 is 0. The van der Waals surface area contributed by atoms with Crippen molar-refractivity contribution >= 4 is 6.08 Å². The number of ether oxygens (including phenoxy) is 1. The fraction of sp³-hybridized carbons (Fsp3) is 0.333. The third-order valence-corrected chi connectivity index (χ3v) is 2.41. The Morgan fingerprint density at radius 1 is 1.36 bits per heavy atom. The Labute approximate surface area is 84.6 Å². The molecular formula is C12H15NO. The Morgan fingerprint density at radius 3 is 2.71 bits per heavy atom. The smallest absolute Gasteiger partial charge is 0.150 e. The van der Waals surface area contributed by atoms with Gasteiger partial charge in [-0.15, -0.1) is 0 Å². The quantitative estimate of drug-likeness (QED) is 0.788.